The highest BCUT2D eigenvalue weighted by molar-refractivity contribution is 6.11. The number of hydrogen-bond acceptors (Lipinski definition) is 5. The van der Waals surface area contributed by atoms with Crippen LogP contribution in [0.25, 0.3) is 0 Å². The number of fused-ring (bicyclic) bond motifs is 1. The monoisotopic (exact) mass is 385 g/mol. The minimum atomic E-state index is -0.451. The predicted octanol–water partition coefficient (Wildman–Crippen LogP) is 3.03. The van der Waals surface area contributed by atoms with E-state index in [1.807, 2.05) is 31.2 Å². The number of carbonyl (C=O) groups is 2. The van der Waals surface area contributed by atoms with Gasteiger partial charge in [-0.3, -0.25) is 9.59 Å². The van der Waals surface area contributed by atoms with E-state index in [1.165, 1.54) is 0 Å². The number of ketones is 1. The zero-order valence-electron chi connectivity index (χ0n) is 16.5. The van der Waals surface area contributed by atoms with E-state index in [2.05, 4.69) is 0 Å². The maximum absolute atomic E-state index is 13.4. The highest BCUT2D eigenvalue weighted by Gasteiger charge is 2.51. The summed E-state index contributed by atoms with van der Waals surface area (Å²) in [6.07, 6.45) is 3.58. The van der Waals surface area contributed by atoms with Crippen LogP contribution in [0.15, 0.2) is 35.6 Å². The van der Waals surface area contributed by atoms with Crippen LogP contribution in [0.3, 0.4) is 0 Å². The largest absolute Gasteiger partial charge is 0.494 e. The molecule has 1 aromatic carbocycles. The molecular formula is C22H27NO5. The molecule has 3 unspecified atom stereocenters. The smallest absolute Gasteiger partial charge is 0.290 e. The lowest BCUT2D eigenvalue weighted by atomic mass is 9.77. The molecule has 150 valence electrons. The van der Waals surface area contributed by atoms with Gasteiger partial charge >= 0.3 is 0 Å². The lowest BCUT2D eigenvalue weighted by Crippen LogP contribution is -2.39. The molecule has 2 aliphatic heterocycles. The Morgan fingerprint density at radius 2 is 2.04 bits per heavy atom. The van der Waals surface area contributed by atoms with E-state index in [9.17, 15) is 9.59 Å². The molecule has 1 aromatic rings. The van der Waals surface area contributed by atoms with Gasteiger partial charge in [-0.25, -0.2) is 0 Å². The van der Waals surface area contributed by atoms with Gasteiger partial charge in [-0.15, -0.1) is 0 Å². The van der Waals surface area contributed by atoms with E-state index in [0.717, 1.165) is 37.0 Å². The summed E-state index contributed by atoms with van der Waals surface area (Å²) in [7, 11) is 1.61. The van der Waals surface area contributed by atoms with E-state index >= 15 is 0 Å². The molecule has 3 atom stereocenters. The van der Waals surface area contributed by atoms with Crippen LogP contribution in [0.1, 0.15) is 44.2 Å². The summed E-state index contributed by atoms with van der Waals surface area (Å²) >= 11 is 0. The standard InChI is InChI=1S/C22H27NO5/c1-3-27-15-8-6-7-14(13-15)19-18-20(24)16-9-4-5-10-17(16)28-21(18)22(25)23(19)11-12-26-2/h6-8,13,16-17,19H,3-5,9-12H2,1-2H3. The predicted molar refractivity (Wildman–Crippen MR) is 103 cm³/mol. The van der Waals surface area contributed by atoms with Gasteiger partial charge in [0.05, 0.1) is 30.7 Å². The van der Waals surface area contributed by atoms with Crippen molar-refractivity contribution >= 4 is 11.7 Å². The van der Waals surface area contributed by atoms with E-state index in [0.29, 0.717) is 25.3 Å². The highest BCUT2D eigenvalue weighted by Crippen LogP contribution is 2.46. The number of carbonyl (C=O) groups excluding carboxylic acids is 2. The Morgan fingerprint density at radius 3 is 2.82 bits per heavy atom. The Morgan fingerprint density at radius 1 is 1.21 bits per heavy atom. The Labute approximate surface area is 165 Å². The topological polar surface area (TPSA) is 65.1 Å². The number of Topliss-reactive ketones (excluding diaryl/α,β-unsaturated/α-hetero) is 1. The molecular weight excluding hydrogens is 358 g/mol. The van der Waals surface area contributed by atoms with Gasteiger partial charge in [0.25, 0.3) is 5.91 Å². The molecule has 0 radical (unpaired) electrons. The minimum absolute atomic E-state index is 0.0750. The average molecular weight is 385 g/mol. The molecule has 3 aliphatic rings. The molecule has 1 amide bonds. The summed E-state index contributed by atoms with van der Waals surface area (Å²) in [5.41, 5.74) is 1.38. The van der Waals surface area contributed by atoms with Gasteiger partial charge in [0.15, 0.2) is 11.5 Å². The van der Waals surface area contributed by atoms with Crippen LogP contribution in [0.4, 0.5) is 0 Å². The first-order chi connectivity index (χ1) is 13.7. The third-order valence-electron chi connectivity index (χ3n) is 5.88. The Hall–Kier alpha value is -2.34. The third-order valence-corrected chi connectivity index (χ3v) is 5.88. The Balaban J connectivity index is 1.76. The second-order valence-electron chi connectivity index (χ2n) is 7.55. The number of ether oxygens (including phenoxy) is 3. The average Bonchev–Trinajstić information content (AvgIpc) is 2.99. The van der Waals surface area contributed by atoms with Crippen LogP contribution in [0.2, 0.25) is 0 Å². The third kappa shape index (κ3) is 3.20. The van der Waals surface area contributed by atoms with Crippen molar-refractivity contribution in [2.24, 2.45) is 5.92 Å². The molecule has 6 nitrogen and oxygen atoms in total. The lowest BCUT2D eigenvalue weighted by molar-refractivity contribution is -0.135. The molecule has 28 heavy (non-hydrogen) atoms. The SMILES string of the molecule is CCOc1cccc(C2C3=C(OC4CCCCC4C3=O)C(=O)N2CCOC)c1. The Bertz CT molecular complexity index is 802. The van der Waals surface area contributed by atoms with Crippen molar-refractivity contribution in [1.82, 2.24) is 4.90 Å². The fourth-order valence-corrected chi connectivity index (χ4v) is 4.60. The summed E-state index contributed by atoms with van der Waals surface area (Å²) in [5, 5.41) is 0. The zero-order chi connectivity index (χ0) is 19.7. The van der Waals surface area contributed by atoms with E-state index in [1.54, 1.807) is 12.0 Å². The molecule has 2 heterocycles. The summed E-state index contributed by atoms with van der Waals surface area (Å²) in [6, 6.07) is 7.19. The van der Waals surface area contributed by atoms with Gasteiger partial charge < -0.3 is 19.1 Å². The van der Waals surface area contributed by atoms with Gasteiger partial charge in [-0.1, -0.05) is 18.6 Å². The van der Waals surface area contributed by atoms with Crippen LogP contribution < -0.4 is 4.74 Å². The van der Waals surface area contributed by atoms with Crippen molar-refractivity contribution in [2.45, 2.75) is 44.8 Å². The molecule has 1 fully saturated rings. The first-order valence-electron chi connectivity index (χ1n) is 10.1. The van der Waals surface area contributed by atoms with Crippen molar-refractivity contribution in [3.63, 3.8) is 0 Å². The van der Waals surface area contributed by atoms with Crippen LogP contribution in [0.5, 0.6) is 5.75 Å². The van der Waals surface area contributed by atoms with Gasteiger partial charge in [0.2, 0.25) is 0 Å². The lowest BCUT2D eigenvalue weighted by Gasteiger charge is -2.35. The highest BCUT2D eigenvalue weighted by atomic mass is 16.5. The van der Waals surface area contributed by atoms with Gasteiger partial charge in [0, 0.05) is 13.7 Å². The fraction of sp³-hybridized carbons (Fsp3) is 0.545. The first kappa shape index (κ1) is 19.0. The van der Waals surface area contributed by atoms with Crippen LogP contribution in [-0.2, 0) is 19.1 Å². The van der Waals surface area contributed by atoms with E-state index < -0.39 is 6.04 Å². The first-order valence-corrected chi connectivity index (χ1v) is 10.1. The second-order valence-corrected chi connectivity index (χ2v) is 7.55. The van der Waals surface area contributed by atoms with Crippen LogP contribution in [0, 0.1) is 5.92 Å². The number of benzene rings is 1. The molecule has 1 saturated carbocycles. The van der Waals surface area contributed by atoms with E-state index in [-0.39, 0.29) is 29.5 Å². The molecule has 0 saturated heterocycles. The number of hydrogen-bond donors (Lipinski definition) is 0. The van der Waals surface area contributed by atoms with E-state index in [4.69, 9.17) is 14.2 Å². The quantitative estimate of drug-likeness (QED) is 0.753. The van der Waals surface area contributed by atoms with Gasteiger partial charge in [-0.05, 0) is 43.9 Å². The maximum Gasteiger partial charge on any atom is 0.290 e. The molecule has 1 aliphatic carbocycles. The summed E-state index contributed by atoms with van der Waals surface area (Å²) in [6.45, 7) is 3.28. The van der Waals surface area contributed by atoms with Crippen molar-refractivity contribution in [1.29, 1.82) is 0 Å². The minimum Gasteiger partial charge on any atom is -0.494 e. The summed E-state index contributed by atoms with van der Waals surface area (Å²) in [5.74, 6) is 0.700. The number of rotatable bonds is 6. The second kappa shape index (κ2) is 7.95. The maximum atomic E-state index is 13.4. The molecule has 0 N–H and O–H groups in total. The normalized spacial score (nSPS) is 26.8. The van der Waals surface area contributed by atoms with Crippen LogP contribution >= 0.6 is 0 Å². The number of amides is 1. The summed E-state index contributed by atoms with van der Waals surface area (Å²) in [4.78, 5) is 28.3. The van der Waals surface area contributed by atoms with Crippen molar-refractivity contribution in [2.75, 3.05) is 26.9 Å². The van der Waals surface area contributed by atoms with Crippen LogP contribution in [-0.4, -0.2) is 49.6 Å². The number of methoxy groups -OCH3 is 1. The fourth-order valence-electron chi connectivity index (χ4n) is 4.60. The van der Waals surface area contributed by atoms with Crippen molar-refractivity contribution in [3.05, 3.63) is 41.2 Å². The van der Waals surface area contributed by atoms with Crippen molar-refractivity contribution in [3.8, 4) is 5.75 Å². The molecule has 0 bridgehead atoms. The number of nitrogens with zero attached hydrogens (tertiary/aromatic N) is 1. The summed E-state index contributed by atoms with van der Waals surface area (Å²) < 4.78 is 17.0. The van der Waals surface area contributed by atoms with Crippen molar-refractivity contribution < 1.29 is 23.8 Å². The molecule has 4 rings (SSSR count). The Kier molecular flexibility index (Phi) is 5.40. The van der Waals surface area contributed by atoms with Gasteiger partial charge in [0.1, 0.15) is 11.9 Å². The molecule has 0 spiro atoms. The van der Waals surface area contributed by atoms with Gasteiger partial charge in [-0.2, -0.15) is 0 Å². The zero-order valence-corrected chi connectivity index (χ0v) is 16.5. The molecule has 6 heteroatoms. The molecule has 0 aromatic heterocycles.